The predicted octanol–water partition coefficient (Wildman–Crippen LogP) is 0.550. The zero-order valence-corrected chi connectivity index (χ0v) is 12.0. The van der Waals surface area contributed by atoms with Gasteiger partial charge in [-0.05, 0) is 33.2 Å². The SMILES string of the molecule is CCNC(=O)NC(=O)C(C)N1CCCCC1CC(=O)O. The number of carbonyl (C=O) groups excluding carboxylic acids is 2. The fourth-order valence-corrected chi connectivity index (χ4v) is 2.53. The smallest absolute Gasteiger partial charge is 0.321 e. The topological polar surface area (TPSA) is 98.7 Å². The summed E-state index contributed by atoms with van der Waals surface area (Å²) in [4.78, 5) is 36.1. The number of carbonyl (C=O) groups is 3. The molecule has 1 heterocycles. The van der Waals surface area contributed by atoms with E-state index in [1.54, 1.807) is 13.8 Å². The summed E-state index contributed by atoms with van der Waals surface area (Å²) in [5.74, 6) is -1.26. The Morgan fingerprint density at radius 1 is 1.35 bits per heavy atom. The zero-order chi connectivity index (χ0) is 15.1. The van der Waals surface area contributed by atoms with E-state index in [1.807, 2.05) is 4.90 Å². The molecule has 7 heteroatoms. The number of piperidine rings is 1. The van der Waals surface area contributed by atoms with E-state index in [0.29, 0.717) is 13.1 Å². The first-order valence-corrected chi connectivity index (χ1v) is 7.02. The number of hydrogen-bond donors (Lipinski definition) is 3. The highest BCUT2D eigenvalue weighted by atomic mass is 16.4. The van der Waals surface area contributed by atoms with Gasteiger partial charge in [-0.15, -0.1) is 0 Å². The number of rotatable bonds is 5. The Balaban J connectivity index is 2.61. The van der Waals surface area contributed by atoms with Crippen molar-refractivity contribution < 1.29 is 19.5 Å². The number of urea groups is 1. The van der Waals surface area contributed by atoms with Crippen LogP contribution in [0.2, 0.25) is 0 Å². The molecule has 0 saturated carbocycles. The number of carboxylic acids is 1. The van der Waals surface area contributed by atoms with Crippen molar-refractivity contribution in [3.05, 3.63) is 0 Å². The van der Waals surface area contributed by atoms with E-state index in [4.69, 9.17) is 5.11 Å². The first kappa shape index (κ1) is 16.4. The Labute approximate surface area is 118 Å². The Morgan fingerprint density at radius 3 is 2.65 bits per heavy atom. The van der Waals surface area contributed by atoms with Gasteiger partial charge in [0.1, 0.15) is 0 Å². The molecule has 114 valence electrons. The molecule has 0 radical (unpaired) electrons. The van der Waals surface area contributed by atoms with Crippen LogP contribution in [0.15, 0.2) is 0 Å². The highest BCUT2D eigenvalue weighted by Crippen LogP contribution is 2.22. The second kappa shape index (κ2) is 7.84. The van der Waals surface area contributed by atoms with Crippen LogP contribution in [0.4, 0.5) is 4.79 Å². The van der Waals surface area contributed by atoms with Gasteiger partial charge in [-0.3, -0.25) is 19.8 Å². The van der Waals surface area contributed by atoms with Crippen LogP contribution in [0.25, 0.3) is 0 Å². The molecule has 0 aliphatic carbocycles. The van der Waals surface area contributed by atoms with Gasteiger partial charge in [0.25, 0.3) is 0 Å². The van der Waals surface area contributed by atoms with Crippen molar-refractivity contribution in [2.45, 2.75) is 51.6 Å². The number of likely N-dealkylation sites (tertiary alicyclic amines) is 1. The normalized spacial score (nSPS) is 21.0. The summed E-state index contributed by atoms with van der Waals surface area (Å²) >= 11 is 0. The Morgan fingerprint density at radius 2 is 2.05 bits per heavy atom. The molecule has 1 rings (SSSR count). The largest absolute Gasteiger partial charge is 0.481 e. The van der Waals surface area contributed by atoms with Gasteiger partial charge in [-0.2, -0.15) is 0 Å². The molecule has 1 aliphatic rings. The van der Waals surface area contributed by atoms with E-state index in [1.165, 1.54) is 0 Å². The van der Waals surface area contributed by atoms with Crippen LogP contribution in [-0.2, 0) is 9.59 Å². The molecule has 0 aromatic carbocycles. The summed E-state index contributed by atoms with van der Waals surface area (Å²) in [6.07, 6.45) is 2.71. The van der Waals surface area contributed by atoms with Crippen molar-refractivity contribution in [3.8, 4) is 0 Å². The van der Waals surface area contributed by atoms with E-state index in [-0.39, 0.29) is 12.5 Å². The maximum Gasteiger partial charge on any atom is 0.321 e. The average molecular weight is 285 g/mol. The minimum absolute atomic E-state index is 0.0266. The third-order valence-corrected chi connectivity index (χ3v) is 3.53. The lowest BCUT2D eigenvalue weighted by molar-refractivity contribution is -0.140. The zero-order valence-electron chi connectivity index (χ0n) is 12.0. The van der Waals surface area contributed by atoms with E-state index < -0.39 is 23.9 Å². The van der Waals surface area contributed by atoms with Crippen LogP contribution in [-0.4, -0.2) is 53.1 Å². The van der Waals surface area contributed by atoms with Gasteiger partial charge < -0.3 is 10.4 Å². The molecular formula is C13H23N3O4. The summed E-state index contributed by atoms with van der Waals surface area (Å²) in [5, 5.41) is 13.7. The molecule has 1 saturated heterocycles. The first-order chi connectivity index (χ1) is 9.45. The molecule has 2 atom stereocenters. The van der Waals surface area contributed by atoms with Crippen LogP contribution in [0.3, 0.4) is 0 Å². The summed E-state index contributed by atoms with van der Waals surface area (Å²) in [7, 11) is 0. The molecule has 0 aromatic heterocycles. The Hall–Kier alpha value is -1.63. The second-order valence-corrected chi connectivity index (χ2v) is 5.01. The summed E-state index contributed by atoms with van der Waals surface area (Å²) in [5.41, 5.74) is 0. The number of carboxylic acid groups (broad SMARTS) is 1. The number of imide groups is 1. The number of hydrogen-bond acceptors (Lipinski definition) is 4. The second-order valence-electron chi connectivity index (χ2n) is 5.01. The molecule has 2 unspecified atom stereocenters. The van der Waals surface area contributed by atoms with E-state index >= 15 is 0 Å². The molecule has 1 fully saturated rings. The summed E-state index contributed by atoms with van der Waals surface area (Å²) in [6, 6.07) is -1.17. The lowest BCUT2D eigenvalue weighted by atomic mass is 9.97. The molecule has 20 heavy (non-hydrogen) atoms. The van der Waals surface area contributed by atoms with Crippen molar-refractivity contribution in [1.29, 1.82) is 0 Å². The molecule has 3 amide bonds. The number of aliphatic carboxylic acids is 1. The third-order valence-electron chi connectivity index (χ3n) is 3.53. The van der Waals surface area contributed by atoms with E-state index in [0.717, 1.165) is 19.3 Å². The standard InChI is InChI=1S/C13H23N3O4/c1-3-14-13(20)15-12(19)9(2)16-7-5-4-6-10(16)8-11(17)18/h9-10H,3-8H2,1-2H3,(H,17,18)(H2,14,15,19,20). The molecule has 7 nitrogen and oxygen atoms in total. The molecule has 1 aliphatic heterocycles. The summed E-state index contributed by atoms with van der Waals surface area (Å²) in [6.45, 7) is 4.59. The quantitative estimate of drug-likeness (QED) is 0.685. The lowest BCUT2D eigenvalue weighted by Crippen LogP contribution is -2.54. The Bertz CT molecular complexity index is 373. The van der Waals surface area contributed by atoms with Gasteiger partial charge in [0, 0.05) is 12.6 Å². The number of nitrogens with one attached hydrogen (secondary N) is 2. The minimum atomic E-state index is -0.863. The van der Waals surface area contributed by atoms with Crippen molar-refractivity contribution in [2.24, 2.45) is 0 Å². The van der Waals surface area contributed by atoms with Crippen LogP contribution < -0.4 is 10.6 Å². The first-order valence-electron chi connectivity index (χ1n) is 7.02. The van der Waals surface area contributed by atoms with Gasteiger partial charge in [-0.25, -0.2) is 4.79 Å². The van der Waals surface area contributed by atoms with Gasteiger partial charge >= 0.3 is 12.0 Å². The highest BCUT2D eigenvalue weighted by molar-refractivity contribution is 5.96. The number of amides is 3. The van der Waals surface area contributed by atoms with Gasteiger partial charge in [0.2, 0.25) is 5.91 Å². The fraction of sp³-hybridized carbons (Fsp3) is 0.769. The molecule has 3 N–H and O–H groups in total. The molecular weight excluding hydrogens is 262 g/mol. The fourth-order valence-electron chi connectivity index (χ4n) is 2.53. The number of nitrogens with zero attached hydrogens (tertiary/aromatic N) is 1. The van der Waals surface area contributed by atoms with E-state index in [9.17, 15) is 14.4 Å². The predicted molar refractivity (Wildman–Crippen MR) is 73.3 cm³/mol. The van der Waals surface area contributed by atoms with Crippen molar-refractivity contribution in [3.63, 3.8) is 0 Å². The van der Waals surface area contributed by atoms with E-state index in [2.05, 4.69) is 10.6 Å². The van der Waals surface area contributed by atoms with Crippen molar-refractivity contribution in [1.82, 2.24) is 15.5 Å². The van der Waals surface area contributed by atoms with Crippen LogP contribution in [0, 0.1) is 0 Å². The summed E-state index contributed by atoms with van der Waals surface area (Å²) < 4.78 is 0. The van der Waals surface area contributed by atoms with Crippen LogP contribution in [0.5, 0.6) is 0 Å². The van der Waals surface area contributed by atoms with Crippen molar-refractivity contribution >= 4 is 17.9 Å². The maximum absolute atomic E-state index is 12.0. The van der Waals surface area contributed by atoms with Gasteiger partial charge in [0.05, 0.1) is 12.5 Å². The van der Waals surface area contributed by atoms with Crippen molar-refractivity contribution in [2.75, 3.05) is 13.1 Å². The maximum atomic E-state index is 12.0. The minimum Gasteiger partial charge on any atom is -0.481 e. The van der Waals surface area contributed by atoms with Gasteiger partial charge in [0.15, 0.2) is 0 Å². The third kappa shape index (κ3) is 4.80. The molecule has 0 spiro atoms. The monoisotopic (exact) mass is 285 g/mol. The highest BCUT2D eigenvalue weighted by Gasteiger charge is 2.32. The lowest BCUT2D eigenvalue weighted by Gasteiger charge is -2.38. The van der Waals surface area contributed by atoms with Crippen LogP contribution in [0.1, 0.15) is 39.5 Å². The van der Waals surface area contributed by atoms with Crippen LogP contribution >= 0.6 is 0 Å². The average Bonchev–Trinajstić information content (AvgIpc) is 2.38. The molecule has 0 bridgehead atoms. The van der Waals surface area contributed by atoms with Gasteiger partial charge in [-0.1, -0.05) is 6.42 Å². The Kier molecular flexibility index (Phi) is 6.44. The molecule has 0 aromatic rings.